The van der Waals surface area contributed by atoms with Crippen LogP contribution in [0.15, 0.2) is 22.9 Å². The van der Waals surface area contributed by atoms with Gasteiger partial charge in [-0.1, -0.05) is 12.1 Å². The van der Waals surface area contributed by atoms with Crippen LogP contribution in [0.4, 0.5) is 5.82 Å². The van der Waals surface area contributed by atoms with Crippen molar-refractivity contribution in [1.82, 2.24) is 20.0 Å². The van der Waals surface area contributed by atoms with Crippen LogP contribution in [0.2, 0.25) is 0 Å². The molecule has 0 saturated carbocycles. The lowest BCUT2D eigenvalue weighted by molar-refractivity contribution is 0.215. The van der Waals surface area contributed by atoms with Gasteiger partial charge in [0.05, 0.1) is 12.1 Å². The smallest absolute Gasteiger partial charge is 0.240 e. The molecule has 0 amide bonds. The lowest BCUT2D eigenvalue weighted by Gasteiger charge is -2.34. The van der Waals surface area contributed by atoms with Gasteiger partial charge in [0, 0.05) is 38.8 Å². The van der Waals surface area contributed by atoms with Gasteiger partial charge in [0.2, 0.25) is 5.89 Å². The van der Waals surface area contributed by atoms with Gasteiger partial charge in [-0.15, -0.1) is 0 Å². The fourth-order valence-corrected chi connectivity index (χ4v) is 2.72. The molecule has 0 aliphatic carbocycles. The molecule has 120 valence electrons. The molecule has 2 aromatic rings. The van der Waals surface area contributed by atoms with Crippen LogP contribution in [-0.4, -0.2) is 46.2 Å². The molecule has 0 aromatic carbocycles. The average molecular weight is 312 g/mol. The van der Waals surface area contributed by atoms with Crippen LogP contribution in [-0.2, 0) is 13.0 Å². The third-order valence-electron chi connectivity index (χ3n) is 3.92. The summed E-state index contributed by atoms with van der Waals surface area (Å²) < 4.78 is 5.30. The Hall–Kier alpha value is -2.46. The normalized spacial score (nSPS) is 15.6. The number of nitrogens with zero attached hydrogens (tertiary/aromatic N) is 6. The molecule has 2 aromatic heterocycles. The highest BCUT2D eigenvalue weighted by molar-refractivity contribution is 5.53. The quantitative estimate of drug-likeness (QED) is 0.829. The number of aromatic nitrogens is 3. The Morgan fingerprint density at radius 2 is 2.13 bits per heavy atom. The zero-order valence-corrected chi connectivity index (χ0v) is 13.3. The summed E-state index contributed by atoms with van der Waals surface area (Å²) in [4.78, 5) is 13.2. The minimum atomic E-state index is 0.627. The van der Waals surface area contributed by atoms with Crippen molar-refractivity contribution >= 4 is 5.82 Å². The number of hydrogen-bond acceptors (Lipinski definition) is 7. The minimum absolute atomic E-state index is 0.627. The van der Waals surface area contributed by atoms with Gasteiger partial charge >= 0.3 is 0 Å². The summed E-state index contributed by atoms with van der Waals surface area (Å²) in [6.07, 6.45) is 3.60. The van der Waals surface area contributed by atoms with Crippen molar-refractivity contribution in [2.24, 2.45) is 0 Å². The molecule has 0 bridgehead atoms. The third kappa shape index (κ3) is 3.66. The molecule has 7 nitrogen and oxygen atoms in total. The maximum Gasteiger partial charge on any atom is 0.240 e. The lowest BCUT2D eigenvalue weighted by Crippen LogP contribution is -2.46. The maximum absolute atomic E-state index is 9.19. The highest BCUT2D eigenvalue weighted by Gasteiger charge is 2.21. The first-order chi connectivity index (χ1) is 11.3. The summed E-state index contributed by atoms with van der Waals surface area (Å²) in [5.74, 6) is 2.24. The van der Waals surface area contributed by atoms with Gasteiger partial charge in [-0.25, -0.2) is 4.98 Å². The Morgan fingerprint density at radius 1 is 1.30 bits per heavy atom. The van der Waals surface area contributed by atoms with Gasteiger partial charge in [-0.3, -0.25) is 4.90 Å². The summed E-state index contributed by atoms with van der Waals surface area (Å²) in [7, 11) is 0. The maximum atomic E-state index is 9.19. The second kappa shape index (κ2) is 7.20. The number of aryl methyl sites for hydroxylation is 1. The van der Waals surface area contributed by atoms with Crippen molar-refractivity contribution in [3.05, 3.63) is 35.6 Å². The molecule has 1 saturated heterocycles. The molecule has 0 unspecified atom stereocenters. The molecule has 1 fully saturated rings. The van der Waals surface area contributed by atoms with Crippen molar-refractivity contribution in [3.63, 3.8) is 0 Å². The molecule has 0 atom stereocenters. The van der Waals surface area contributed by atoms with Crippen molar-refractivity contribution < 1.29 is 4.52 Å². The van der Waals surface area contributed by atoms with Crippen molar-refractivity contribution in [1.29, 1.82) is 5.26 Å². The Balaban J connectivity index is 1.57. The van der Waals surface area contributed by atoms with E-state index in [9.17, 15) is 5.26 Å². The van der Waals surface area contributed by atoms with Gasteiger partial charge in [0.1, 0.15) is 11.9 Å². The summed E-state index contributed by atoms with van der Waals surface area (Å²) in [6.45, 7) is 6.21. The molecule has 3 rings (SSSR count). The van der Waals surface area contributed by atoms with Crippen LogP contribution in [0.1, 0.15) is 30.6 Å². The lowest BCUT2D eigenvalue weighted by atomic mass is 10.2. The van der Waals surface area contributed by atoms with Crippen molar-refractivity contribution in [3.8, 4) is 6.07 Å². The summed E-state index contributed by atoms with van der Waals surface area (Å²) in [5.41, 5.74) is 0.627. The van der Waals surface area contributed by atoms with E-state index in [1.807, 2.05) is 6.07 Å². The molecule has 0 spiro atoms. The van der Waals surface area contributed by atoms with E-state index in [0.29, 0.717) is 18.0 Å². The number of hydrogen-bond donors (Lipinski definition) is 0. The van der Waals surface area contributed by atoms with Crippen LogP contribution < -0.4 is 4.90 Å². The first kappa shape index (κ1) is 15.4. The van der Waals surface area contributed by atoms with E-state index in [-0.39, 0.29) is 0 Å². The molecule has 23 heavy (non-hydrogen) atoms. The number of nitriles is 1. The molecule has 1 aliphatic rings. The third-order valence-corrected chi connectivity index (χ3v) is 3.92. The van der Waals surface area contributed by atoms with Gasteiger partial charge in [0.25, 0.3) is 0 Å². The first-order valence-corrected chi connectivity index (χ1v) is 7.94. The predicted octanol–water partition coefficient (Wildman–Crippen LogP) is 1.61. The molecule has 0 N–H and O–H groups in total. The zero-order chi connectivity index (χ0) is 16.1. The van der Waals surface area contributed by atoms with E-state index in [2.05, 4.69) is 37.9 Å². The second-order valence-electron chi connectivity index (χ2n) is 5.60. The van der Waals surface area contributed by atoms with E-state index in [4.69, 9.17) is 4.52 Å². The van der Waals surface area contributed by atoms with Crippen LogP contribution in [0, 0.1) is 11.3 Å². The molecular weight excluding hydrogens is 292 g/mol. The second-order valence-corrected chi connectivity index (χ2v) is 5.60. The average Bonchev–Trinajstić information content (AvgIpc) is 3.03. The van der Waals surface area contributed by atoms with Gasteiger partial charge in [-0.05, 0) is 18.6 Å². The van der Waals surface area contributed by atoms with Crippen LogP contribution >= 0.6 is 0 Å². The number of piperazine rings is 1. The topological polar surface area (TPSA) is 82.1 Å². The van der Waals surface area contributed by atoms with Gasteiger partial charge in [-0.2, -0.15) is 10.2 Å². The highest BCUT2D eigenvalue weighted by Crippen LogP contribution is 2.18. The largest absolute Gasteiger partial charge is 0.353 e. The summed E-state index contributed by atoms with van der Waals surface area (Å²) in [6, 6.07) is 5.81. The summed E-state index contributed by atoms with van der Waals surface area (Å²) in [5, 5.41) is 13.2. The first-order valence-electron chi connectivity index (χ1n) is 7.94. The zero-order valence-electron chi connectivity index (χ0n) is 13.3. The monoisotopic (exact) mass is 312 g/mol. The van der Waals surface area contributed by atoms with Gasteiger partial charge < -0.3 is 9.42 Å². The molecule has 1 aliphatic heterocycles. The fraction of sp³-hybridized carbons (Fsp3) is 0.500. The number of pyridine rings is 1. The molecular formula is C16H20N6O. The Kier molecular flexibility index (Phi) is 4.83. The molecule has 3 heterocycles. The standard InChI is InChI=1S/C16H20N6O/c1-2-4-14-19-15(23-20-14)12-21-7-9-22(10-8-21)16-13(11-17)5-3-6-18-16/h3,5-6H,2,4,7-10,12H2,1H3. The van der Waals surface area contributed by atoms with Crippen LogP contribution in [0.5, 0.6) is 0 Å². The number of rotatable bonds is 5. The van der Waals surface area contributed by atoms with E-state index in [0.717, 1.165) is 50.7 Å². The highest BCUT2D eigenvalue weighted by atomic mass is 16.5. The van der Waals surface area contributed by atoms with Crippen LogP contribution in [0.25, 0.3) is 0 Å². The summed E-state index contributed by atoms with van der Waals surface area (Å²) >= 11 is 0. The van der Waals surface area contributed by atoms with Crippen LogP contribution in [0.3, 0.4) is 0 Å². The van der Waals surface area contributed by atoms with E-state index < -0.39 is 0 Å². The Labute approximate surface area is 135 Å². The Morgan fingerprint density at radius 3 is 2.87 bits per heavy atom. The predicted molar refractivity (Wildman–Crippen MR) is 84.7 cm³/mol. The molecule has 7 heteroatoms. The SMILES string of the molecule is CCCc1noc(CN2CCN(c3ncccc3C#N)CC2)n1. The van der Waals surface area contributed by atoms with Gasteiger partial charge in [0.15, 0.2) is 5.82 Å². The van der Waals surface area contributed by atoms with E-state index in [1.54, 1.807) is 12.3 Å². The fourth-order valence-electron chi connectivity index (χ4n) is 2.72. The van der Waals surface area contributed by atoms with E-state index in [1.165, 1.54) is 0 Å². The van der Waals surface area contributed by atoms with Crippen molar-refractivity contribution in [2.75, 3.05) is 31.1 Å². The molecule has 0 radical (unpaired) electrons. The Bertz CT molecular complexity index is 684. The van der Waals surface area contributed by atoms with Crippen molar-refractivity contribution in [2.45, 2.75) is 26.3 Å². The van der Waals surface area contributed by atoms with E-state index >= 15 is 0 Å². The minimum Gasteiger partial charge on any atom is -0.353 e. The number of anilines is 1.